The number of esters is 1. The molecule has 5 heteroatoms. The van der Waals surface area contributed by atoms with Crippen LogP contribution in [0.25, 0.3) is 6.08 Å². The first-order valence-corrected chi connectivity index (χ1v) is 6.14. The smallest absolute Gasteiger partial charge is 0.330 e. The summed E-state index contributed by atoms with van der Waals surface area (Å²) in [4.78, 5) is 19.5. The summed E-state index contributed by atoms with van der Waals surface area (Å²) in [5, 5.41) is 3.19. The van der Waals surface area contributed by atoms with Crippen LogP contribution >= 0.6 is 0 Å². The lowest BCUT2D eigenvalue weighted by Crippen LogP contribution is -2.04. The first kappa shape index (κ1) is 13.7. The number of methoxy groups -OCH3 is 1. The minimum atomic E-state index is -0.426. The molecule has 102 valence electrons. The van der Waals surface area contributed by atoms with Crippen LogP contribution in [-0.4, -0.2) is 23.0 Å². The van der Waals surface area contributed by atoms with E-state index in [-0.39, 0.29) is 0 Å². The van der Waals surface area contributed by atoms with Gasteiger partial charge in [-0.2, -0.15) is 0 Å². The largest absolute Gasteiger partial charge is 0.466 e. The van der Waals surface area contributed by atoms with Crippen LogP contribution in [0.15, 0.2) is 48.8 Å². The van der Waals surface area contributed by atoms with E-state index in [0.717, 1.165) is 5.56 Å². The highest BCUT2D eigenvalue weighted by atomic mass is 16.5. The van der Waals surface area contributed by atoms with E-state index in [2.05, 4.69) is 20.0 Å². The fourth-order valence-electron chi connectivity index (χ4n) is 1.60. The van der Waals surface area contributed by atoms with Crippen LogP contribution in [0, 0.1) is 0 Å². The van der Waals surface area contributed by atoms with Crippen LogP contribution in [-0.2, 0) is 16.1 Å². The molecule has 0 saturated heterocycles. The van der Waals surface area contributed by atoms with Crippen molar-refractivity contribution in [3.8, 4) is 0 Å². The van der Waals surface area contributed by atoms with Crippen molar-refractivity contribution in [2.45, 2.75) is 6.54 Å². The fourth-order valence-corrected chi connectivity index (χ4v) is 1.60. The number of hydrogen-bond donors (Lipinski definition) is 1. The van der Waals surface area contributed by atoms with Crippen LogP contribution in [0.2, 0.25) is 0 Å². The van der Waals surface area contributed by atoms with Gasteiger partial charge in [-0.25, -0.2) is 9.78 Å². The monoisotopic (exact) mass is 269 g/mol. The normalized spacial score (nSPS) is 10.4. The van der Waals surface area contributed by atoms with Gasteiger partial charge in [-0.1, -0.05) is 30.3 Å². The molecule has 1 aromatic heterocycles. The van der Waals surface area contributed by atoms with Crippen molar-refractivity contribution in [2.24, 2.45) is 0 Å². The Morgan fingerprint density at radius 3 is 2.75 bits per heavy atom. The first-order valence-electron chi connectivity index (χ1n) is 6.14. The van der Waals surface area contributed by atoms with Gasteiger partial charge >= 0.3 is 5.97 Å². The molecule has 1 heterocycles. The molecule has 0 saturated carbocycles. The maximum Gasteiger partial charge on any atom is 0.330 e. The zero-order chi connectivity index (χ0) is 14.2. The van der Waals surface area contributed by atoms with Crippen LogP contribution in [0.1, 0.15) is 11.3 Å². The number of nitrogens with zero attached hydrogens (tertiary/aromatic N) is 2. The molecule has 0 bridgehead atoms. The average molecular weight is 269 g/mol. The summed E-state index contributed by atoms with van der Waals surface area (Å²) >= 11 is 0. The molecule has 0 aliphatic carbocycles. The van der Waals surface area contributed by atoms with Crippen molar-refractivity contribution in [1.82, 2.24) is 9.97 Å². The molecule has 0 atom stereocenters. The third-order valence-electron chi connectivity index (χ3n) is 2.61. The van der Waals surface area contributed by atoms with Crippen molar-refractivity contribution < 1.29 is 9.53 Å². The number of nitrogens with one attached hydrogen (secondary N) is 1. The van der Waals surface area contributed by atoms with Gasteiger partial charge in [-0.05, 0) is 11.6 Å². The first-order chi connectivity index (χ1) is 9.79. The fraction of sp³-hybridized carbons (Fsp3) is 0.133. The third kappa shape index (κ3) is 3.91. The van der Waals surface area contributed by atoms with Crippen molar-refractivity contribution in [2.75, 3.05) is 12.4 Å². The van der Waals surface area contributed by atoms with Crippen molar-refractivity contribution in [1.29, 1.82) is 0 Å². The van der Waals surface area contributed by atoms with E-state index in [1.54, 1.807) is 18.5 Å². The Kier molecular flexibility index (Phi) is 4.83. The van der Waals surface area contributed by atoms with Gasteiger partial charge in [0.25, 0.3) is 0 Å². The van der Waals surface area contributed by atoms with Gasteiger partial charge in [-0.15, -0.1) is 0 Å². The van der Waals surface area contributed by atoms with Crippen LogP contribution in [0.5, 0.6) is 0 Å². The highest BCUT2D eigenvalue weighted by molar-refractivity contribution is 5.87. The van der Waals surface area contributed by atoms with Gasteiger partial charge in [-0.3, -0.25) is 4.98 Å². The molecule has 2 rings (SSSR count). The van der Waals surface area contributed by atoms with E-state index in [1.807, 2.05) is 30.3 Å². The molecule has 2 aromatic rings. The molecule has 1 N–H and O–H groups in total. The van der Waals surface area contributed by atoms with Gasteiger partial charge < -0.3 is 10.1 Å². The van der Waals surface area contributed by atoms with Gasteiger partial charge in [0.15, 0.2) is 5.82 Å². The quantitative estimate of drug-likeness (QED) is 0.666. The standard InChI is InChI=1S/C15H15N3O2/c1-20-14(19)8-7-13-15(17-10-9-16-13)18-11-12-5-3-2-4-6-12/h2-10H,11H2,1H3,(H,17,18)/b8-7+. The Morgan fingerprint density at radius 2 is 2.00 bits per heavy atom. The Balaban J connectivity index is 2.08. The number of rotatable bonds is 5. The number of ether oxygens (including phenoxy) is 1. The molecule has 0 unspecified atom stereocenters. The Morgan fingerprint density at radius 1 is 1.25 bits per heavy atom. The second kappa shape index (κ2) is 7.04. The second-order valence-corrected chi connectivity index (χ2v) is 3.99. The van der Waals surface area contributed by atoms with Crippen LogP contribution in [0.4, 0.5) is 5.82 Å². The number of carbonyl (C=O) groups is 1. The van der Waals surface area contributed by atoms with Gasteiger partial charge in [0.05, 0.1) is 7.11 Å². The molecule has 0 spiro atoms. The summed E-state index contributed by atoms with van der Waals surface area (Å²) in [6.07, 6.45) is 6.07. The van der Waals surface area contributed by atoms with Gasteiger partial charge in [0.1, 0.15) is 5.69 Å². The minimum Gasteiger partial charge on any atom is -0.466 e. The minimum absolute atomic E-state index is 0.426. The molecule has 20 heavy (non-hydrogen) atoms. The molecular weight excluding hydrogens is 254 g/mol. The van der Waals surface area contributed by atoms with Crippen molar-refractivity contribution in [3.63, 3.8) is 0 Å². The van der Waals surface area contributed by atoms with Gasteiger partial charge in [0, 0.05) is 25.0 Å². The predicted octanol–water partition coefficient (Wildman–Crippen LogP) is 2.27. The summed E-state index contributed by atoms with van der Waals surface area (Å²) in [6, 6.07) is 9.97. The molecule has 0 fully saturated rings. The molecule has 1 aromatic carbocycles. The van der Waals surface area contributed by atoms with Crippen molar-refractivity contribution in [3.05, 3.63) is 60.1 Å². The van der Waals surface area contributed by atoms with Crippen molar-refractivity contribution >= 4 is 17.9 Å². The molecule has 0 aliphatic heterocycles. The zero-order valence-corrected chi connectivity index (χ0v) is 11.1. The predicted molar refractivity (Wildman–Crippen MR) is 76.9 cm³/mol. The number of hydrogen-bond acceptors (Lipinski definition) is 5. The third-order valence-corrected chi connectivity index (χ3v) is 2.61. The number of benzene rings is 1. The highest BCUT2D eigenvalue weighted by Crippen LogP contribution is 2.12. The maximum atomic E-state index is 11.1. The SMILES string of the molecule is COC(=O)/C=C/c1nccnc1NCc1ccccc1. The average Bonchev–Trinajstić information content (AvgIpc) is 2.52. The number of anilines is 1. The van der Waals surface area contributed by atoms with Crippen LogP contribution in [0.3, 0.4) is 0 Å². The van der Waals surface area contributed by atoms with E-state index in [1.165, 1.54) is 13.2 Å². The van der Waals surface area contributed by atoms with E-state index < -0.39 is 5.97 Å². The number of aromatic nitrogens is 2. The van der Waals surface area contributed by atoms with E-state index >= 15 is 0 Å². The topological polar surface area (TPSA) is 64.1 Å². The highest BCUT2D eigenvalue weighted by Gasteiger charge is 2.02. The molecule has 0 aliphatic rings. The van der Waals surface area contributed by atoms with Crippen LogP contribution < -0.4 is 5.32 Å². The summed E-state index contributed by atoms with van der Waals surface area (Å²) < 4.78 is 4.55. The molecule has 0 amide bonds. The molecular formula is C15H15N3O2. The maximum absolute atomic E-state index is 11.1. The summed E-state index contributed by atoms with van der Waals surface area (Å²) in [6.45, 7) is 0.637. The summed E-state index contributed by atoms with van der Waals surface area (Å²) in [5.41, 5.74) is 1.73. The molecule has 0 radical (unpaired) electrons. The van der Waals surface area contributed by atoms with E-state index in [4.69, 9.17) is 0 Å². The van der Waals surface area contributed by atoms with E-state index in [9.17, 15) is 4.79 Å². The summed E-state index contributed by atoms with van der Waals surface area (Å²) in [5.74, 6) is 0.196. The van der Waals surface area contributed by atoms with E-state index in [0.29, 0.717) is 18.1 Å². The lowest BCUT2D eigenvalue weighted by atomic mass is 10.2. The lowest BCUT2D eigenvalue weighted by molar-refractivity contribution is -0.134. The molecule has 5 nitrogen and oxygen atoms in total. The lowest BCUT2D eigenvalue weighted by Gasteiger charge is -2.07. The Hall–Kier alpha value is -2.69. The summed E-state index contributed by atoms with van der Waals surface area (Å²) in [7, 11) is 1.33. The Labute approximate surface area is 117 Å². The van der Waals surface area contributed by atoms with Gasteiger partial charge in [0.2, 0.25) is 0 Å². The second-order valence-electron chi connectivity index (χ2n) is 3.99. The number of carbonyl (C=O) groups excluding carboxylic acids is 1. The Bertz CT molecular complexity index is 597. The zero-order valence-electron chi connectivity index (χ0n) is 11.1.